The summed E-state index contributed by atoms with van der Waals surface area (Å²) in [5, 5.41) is 8.95. The van der Waals surface area contributed by atoms with E-state index in [4.69, 9.17) is 10.8 Å². The molecule has 0 spiro atoms. The second-order valence-corrected chi connectivity index (χ2v) is 4.33. The van der Waals surface area contributed by atoms with Crippen molar-refractivity contribution < 1.29 is 5.11 Å². The van der Waals surface area contributed by atoms with Crippen molar-refractivity contribution in [2.24, 2.45) is 5.92 Å². The Morgan fingerprint density at radius 2 is 2.24 bits per heavy atom. The largest absolute Gasteiger partial charge is 0.396 e. The Balaban J connectivity index is 1.95. The van der Waals surface area contributed by atoms with Crippen LogP contribution in [0.4, 0.5) is 5.82 Å². The smallest absolute Gasteiger partial charge is 0.169 e. The van der Waals surface area contributed by atoms with Gasteiger partial charge < -0.3 is 10.8 Å². The fraction of sp³-hybridized carbons (Fsp3) is 0.364. The first-order valence-corrected chi connectivity index (χ1v) is 5.51. The lowest BCUT2D eigenvalue weighted by Gasteiger charge is -2.27. The van der Waals surface area contributed by atoms with Gasteiger partial charge in [0.05, 0.1) is 0 Å². The summed E-state index contributed by atoms with van der Waals surface area (Å²) in [4.78, 5) is 12.3. The van der Waals surface area contributed by atoms with Gasteiger partial charge in [-0.25, -0.2) is 15.0 Å². The molecule has 0 aromatic carbocycles. The molecule has 2 heterocycles. The van der Waals surface area contributed by atoms with E-state index >= 15 is 0 Å². The number of rotatable bonds is 2. The van der Waals surface area contributed by atoms with Gasteiger partial charge in [0.15, 0.2) is 17.0 Å². The zero-order valence-corrected chi connectivity index (χ0v) is 9.24. The predicted molar refractivity (Wildman–Crippen MR) is 63.8 cm³/mol. The molecule has 6 nitrogen and oxygen atoms in total. The van der Waals surface area contributed by atoms with Crippen LogP contribution in [0.3, 0.4) is 0 Å². The number of anilines is 1. The van der Waals surface area contributed by atoms with Crippen LogP contribution in [0.1, 0.15) is 12.8 Å². The van der Waals surface area contributed by atoms with Gasteiger partial charge in [-0.2, -0.15) is 0 Å². The number of fused-ring (bicyclic) bond motifs is 1. The lowest BCUT2D eigenvalue weighted by Crippen LogP contribution is -2.18. The van der Waals surface area contributed by atoms with Crippen molar-refractivity contribution in [2.45, 2.75) is 12.8 Å². The quantitative estimate of drug-likeness (QED) is 0.792. The molecule has 2 aromatic heterocycles. The molecule has 1 aliphatic carbocycles. The number of aromatic nitrogens is 4. The maximum Gasteiger partial charge on any atom is 0.169 e. The maximum absolute atomic E-state index is 8.95. The molecule has 17 heavy (non-hydrogen) atoms. The van der Waals surface area contributed by atoms with E-state index in [9.17, 15) is 0 Å². The van der Waals surface area contributed by atoms with Crippen molar-refractivity contribution in [3.63, 3.8) is 0 Å². The highest BCUT2D eigenvalue weighted by atomic mass is 16.3. The van der Waals surface area contributed by atoms with E-state index in [-0.39, 0.29) is 6.61 Å². The van der Waals surface area contributed by atoms with Crippen molar-refractivity contribution in [1.29, 1.82) is 0 Å². The normalized spacial score (nSPS) is 19.4. The molecule has 0 unspecified atom stereocenters. The second-order valence-electron chi connectivity index (χ2n) is 4.33. The van der Waals surface area contributed by atoms with Crippen LogP contribution in [0, 0.1) is 5.92 Å². The van der Waals surface area contributed by atoms with Crippen molar-refractivity contribution in [2.75, 3.05) is 12.3 Å². The molecule has 1 fully saturated rings. The number of allylic oxidation sites excluding steroid dienone is 1. The van der Waals surface area contributed by atoms with Gasteiger partial charge in [-0.15, -0.1) is 0 Å². The van der Waals surface area contributed by atoms with E-state index in [0.717, 1.165) is 18.5 Å². The molecule has 0 aliphatic heterocycles. The first-order chi connectivity index (χ1) is 8.28. The summed E-state index contributed by atoms with van der Waals surface area (Å²) in [5.74, 6) is 0.810. The van der Waals surface area contributed by atoms with Gasteiger partial charge in [0, 0.05) is 12.8 Å². The Hall–Kier alpha value is -1.95. The molecule has 1 saturated carbocycles. The number of hydrogen-bond acceptors (Lipinski definition) is 5. The fourth-order valence-corrected chi connectivity index (χ4v) is 2.08. The third kappa shape index (κ3) is 1.66. The van der Waals surface area contributed by atoms with Crippen molar-refractivity contribution in [1.82, 2.24) is 19.5 Å². The number of aliphatic hydroxyl groups excluding tert-OH is 1. The molecule has 3 rings (SSSR count). The number of imidazole rings is 1. The third-order valence-corrected chi connectivity index (χ3v) is 3.07. The van der Waals surface area contributed by atoms with Crippen LogP contribution in [0.5, 0.6) is 0 Å². The van der Waals surface area contributed by atoms with E-state index in [1.165, 1.54) is 11.9 Å². The van der Waals surface area contributed by atoms with E-state index in [1.807, 2.05) is 10.8 Å². The minimum Gasteiger partial charge on any atom is -0.396 e. The Morgan fingerprint density at radius 1 is 1.41 bits per heavy atom. The Labute approximate surface area is 97.8 Å². The SMILES string of the molecule is Nc1ncnc2c1ncn2C=C1CC(CO)C1. The van der Waals surface area contributed by atoms with E-state index < -0.39 is 0 Å². The Bertz CT molecular complexity index is 581. The van der Waals surface area contributed by atoms with E-state index in [1.54, 1.807) is 6.33 Å². The third-order valence-electron chi connectivity index (χ3n) is 3.07. The fourth-order valence-electron chi connectivity index (χ4n) is 2.08. The Kier molecular flexibility index (Phi) is 2.29. The molecule has 88 valence electrons. The highest BCUT2D eigenvalue weighted by Crippen LogP contribution is 2.33. The molecular weight excluding hydrogens is 218 g/mol. The van der Waals surface area contributed by atoms with Crippen LogP contribution >= 0.6 is 0 Å². The summed E-state index contributed by atoms with van der Waals surface area (Å²) < 4.78 is 1.86. The summed E-state index contributed by atoms with van der Waals surface area (Å²) >= 11 is 0. The van der Waals surface area contributed by atoms with E-state index in [2.05, 4.69) is 15.0 Å². The standard InChI is InChI=1S/C11H13N5O/c12-10-9-11(14-5-13-10)16(6-15-9)3-7-1-8(2-7)4-17/h3,5-6,8,17H,1-2,4H2,(H2,12,13,14). The highest BCUT2D eigenvalue weighted by Gasteiger charge is 2.22. The average Bonchev–Trinajstić information content (AvgIpc) is 2.68. The van der Waals surface area contributed by atoms with Crippen molar-refractivity contribution >= 4 is 23.2 Å². The summed E-state index contributed by atoms with van der Waals surface area (Å²) in [6, 6.07) is 0. The first-order valence-electron chi connectivity index (χ1n) is 5.51. The van der Waals surface area contributed by atoms with Gasteiger partial charge in [-0.05, 0) is 18.8 Å². The molecule has 0 atom stereocenters. The molecule has 3 N–H and O–H groups in total. The molecule has 1 aliphatic rings. The molecule has 0 saturated heterocycles. The molecular formula is C11H13N5O. The van der Waals surface area contributed by atoms with Crippen LogP contribution < -0.4 is 5.73 Å². The van der Waals surface area contributed by atoms with Gasteiger partial charge in [-0.3, -0.25) is 4.57 Å². The van der Waals surface area contributed by atoms with Gasteiger partial charge in [0.1, 0.15) is 12.7 Å². The van der Waals surface area contributed by atoms with Gasteiger partial charge in [0.25, 0.3) is 0 Å². The number of nitrogens with two attached hydrogens (primary N) is 1. The van der Waals surface area contributed by atoms with Crippen LogP contribution in [0.15, 0.2) is 18.2 Å². The topological polar surface area (TPSA) is 89.9 Å². The predicted octanol–water partition coefficient (Wildman–Crippen LogP) is 0.652. The van der Waals surface area contributed by atoms with Gasteiger partial charge >= 0.3 is 0 Å². The number of nitrogen functional groups attached to an aromatic ring is 1. The zero-order chi connectivity index (χ0) is 11.8. The van der Waals surface area contributed by atoms with Crippen molar-refractivity contribution in [3.8, 4) is 0 Å². The Morgan fingerprint density at radius 3 is 3.00 bits per heavy atom. The molecule has 0 radical (unpaired) electrons. The van der Waals surface area contributed by atoms with Crippen LogP contribution in [-0.2, 0) is 0 Å². The van der Waals surface area contributed by atoms with E-state index in [0.29, 0.717) is 17.3 Å². The number of nitrogens with zero attached hydrogens (tertiary/aromatic N) is 4. The van der Waals surface area contributed by atoms with Crippen LogP contribution in [0.25, 0.3) is 17.4 Å². The average molecular weight is 231 g/mol. The summed E-state index contributed by atoms with van der Waals surface area (Å²) in [7, 11) is 0. The maximum atomic E-state index is 8.95. The number of hydrogen-bond donors (Lipinski definition) is 2. The van der Waals surface area contributed by atoms with Gasteiger partial charge in [0.2, 0.25) is 0 Å². The first kappa shape index (κ1) is 10.2. The number of aliphatic hydroxyl groups is 1. The van der Waals surface area contributed by atoms with Crippen molar-refractivity contribution in [3.05, 3.63) is 18.2 Å². The minimum atomic E-state index is 0.261. The van der Waals surface area contributed by atoms with Crippen LogP contribution in [-0.4, -0.2) is 31.2 Å². The highest BCUT2D eigenvalue weighted by molar-refractivity contribution is 5.82. The molecule has 6 heteroatoms. The summed E-state index contributed by atoms with van der Waals surface area (Å²) in [6.45, 7) is 0.261. The lowest BCUT2D eigenvalue weighted by molar-refractivity contribution is 0.198. The molecule has 0 bridgehead atoms. The van der Waals surface area contributed by atoms with Gasteiger partial charge in [-0.1, -0.05) is 5.57 Å². The minimum absolute atomic E-state index is 0.261. The monoisotopic (exact) mass is 231 g/mol. The molecule has 2 aromatic rings. The lowest BCUT2D eigenvalue weighted by atomic mass is 9.81. The zero-order valence-electron chi connectivity index (χ0n) is 9.24. The summed E-state index contributed by atoms with van der Waals surface area (Å²) in [5.41, 5.74) is 8.35. The summed E-state index contributed by atoms with van der Waals surface area (Å²) in [6.07, 6.45) is 7.02. The van der Waals surface area contributed by atoms with Crippen LogP contribution in [0.2, 0.25) is 0 Å². The molecule has 0 amide bonds. The second kappa shape index (κ2) is 3.81.